The number of nitrogens with one attached hydrogen (secondary N) is 1. The highest BCUT2D eigenvalue weighted by Gasteiger charge is 2.32. The van der Waals surface area contributed by atoms with Gasteiger partial charge in [0.1, 0.15) is 5.54 Å². The lowest BCUT2D eigenvalue weighted by Crippen LogP contribution is -2.55. The second kappa shape index (κ2) is 10.6. The average molecular weight is 385 g/mol. The Morgan fingerprint density at radius 2 is 2.11 bits per heavy atom. The fourth-order valence-corrected chi connectivity index (χ4v) is 3.81. The smallest absolute Gasteiger partial charge is 0.235 e. The minimum atomic E-state index is -0.819. The molecule has 1 amide bonds. The third kappa shape index (κ3) is 6.32. The normalized spacial score (nSPS) is 20.0. The number of hydrogen-bond acceptors (Lipinski definition) is 4. The van der Waals surface area contributed by atoms with Crippen LogP contribution in [0.3, 0.4) is 0 Å². The van der Waals surface area contributed by atoms with E-state index in [1.54, 1.807) is 0 Å². The van der Waals surface area contributed by atoms with Gasteiger partial charge in [0.05, 0.1) is 12.6 Å². The van der Waals surface area contributed by atoms with Crippen LogP contribution in [0.4, 0.5) is 0 Å². The number of likely N-dealkylation sites (tertiary alicyclic amines) is 1. The van der Waals surface area contributed by atoms with Crippen LogP contribution in [0.2, 0.25) is 0 Å². The van der Waals surface area contributed by atoms with Gasteiger partial charge in [0.15, 0.2) is 0 Å². The Morgan fingerprint density at radius 3 is 2.71 bits per heavy atom. The van der Waals surface area contributed by atoms with Gasteiger partial charge in [-0.2, -0.15) is 5.26 Å². The first-order valence-corrected chi connectivity index (χ1v) is 10.6. The molecule has 2 rings (SSSR count). The van der Waals surface area contributed by atoms with Crippen LogP contribution in [0.25, 0.3) is 0 Å². The van der Waals surface area contributed by atoms with Gasteiger partial charge in [0.2, 0.25) is 5.91 Å². The second-order valence-electron chi connectivity index (χ2n) is 8.50. The molecule has 0 bridgehead atoms. The number of rotatable bonds is 9. The van der Waals surface area contributed by atoms with E-state index in [9.17, 15) is 10.1 Å². The van der Waals surface area contributed by atoms with E-state index in [4.69, 9.17) is 0 Å². The van der Waals surface area contributed by atoms with E-state index in [1.165, 1.54) is 5.56 Å². The maximum Gasteiger partial charge on any atom is 0.235 e. The van der Waals surface area contributed by atoms with Crippen molar-refractivity contribution < 1.29 is 4.79 Å². The predicted molar refractivity (Wildman–Crippen MR) is 114 cm³/mol. The summed E-state index contributed by atoms with van der Waals surface area (Å²) in [6.45, 7) is 12.2. The Kier molecular flexibility index (Phi) is 8.47. The monoisotopic (exact) mass is 384 g/mol. The molecule has 1 aliphatic rings. The molecule has 28 heavy (non-hydrogen) atoms. The van der Waals surface area contributed by atoms with Gasteiger partial charge < -0.3 is 5.32 Å². The van der Waals surface area contributed by atoms with Crippen molar-refractivity contribution in [2.45, 2.75) is 65.1 Å². The fraction of sp³-hybridized carbons (Fsp3) is 0.652. The van der Waals surface area contributed by atoms with Gasteiger partial charge in [0, 0.05) is 19.1 Å². The van der Waals surface area contributed by atoms with E-state index in [1.807, 2.05) is 20.8 Å². The molecule has 2 unspecified atom stereocenters. The zero-order chi connectivity index (χ0) is 20.6. The molecule has 0 spiro atoms. The highest BCUT2D eigenvalue weighted by Crippen LogP contribution is 2.19. The number of carbonyl (C=O) groups is 1. The average Bonchev–Trinajstić information content (AvgIpc) is 2.68. The molecule has 5 nitrogen and oxygen atoms in total. The summed E-state index contributed by atoms with van der Waals surface area (Å²) in [5.41, 5.74) is 0.519. The number of benzene rings is 1. The third-order valence-electron chi connectivity index (χ3n) is 5.89. The van der Waals surface area contributed by atoms with Crippen molar-refractivity contribution in [3.05, 3.63) is 35.9 Å². The molecule has 1 N–H and O–H groups in total. The molecule has 0 aromatic heterocycles. The molecule has 2 atom stereocenters. The summed E-state index contributed by atoms with van der Waals surface area (Å²) >= 11 is 0. The largest absolute Gasteiger partial charge is 0.337 e. The van der Waals surface area contributed by atoms with E-state index >= 15 is 0 Å². The number of carbonyl (C=O) groups excluding carboxylic acids is 1. The number of piperidine rings is 1. The molecule has 1 saturated heterocycles. The lowest BCUT2D eigenvalue weighted by molar-refractivity contribution is -0.124. The molecule has 1 aromatic carbocycles. The van der Waals surface area contributed by atoms with Gasteiger partial charge in [-0.05, 0) is 50.8 Å². The molecular weight excluding hydrogens is 348 g/mol. The van der Waals surface area contributed by atoms with Crippen molar-refractivity contribution in [1.82, 2.24) is 15.1 Å². The first kappa shape index (κ1) is 22.4. The third-order valence-corrected chi connectivity index (χ3v) is 5.89. The summed E-state index contributed by atoms with van der Waals surface area (Å²) in [5.74, 6) is 0.0171. The van der Waals surface area contributed by atoms with Crippen molar-refractivity contribution in [3.63, 3.8) is 0 Å². The SMILES string of the molecule is CCCN(CC(=O)NC(C)(C#N)C(C)C)C1CCCN(Cc2ccccc2)C1. The Morgan fingerprint density at radius 1 is 1.39 bits per heavy atom. The van der Waals surface area contributed by atoms with Crippen LogP contribution in [-0.4, -0.2) is 53.5 Å². The summed E-state index contributed by atoms with van der Waals surface area (Å²) in [6, 6.07) is 13.2. The van der Waals surface area contributed by atoms with Crippen LogP contribution < -0.4 is 5.32 Å². The van der Waals surface area contributed by atoms with E-state index in [0.29, 0.717) is 12.6 Å². The Labute approximate surface area is 170 Å². The number of hydrogen-bond donors (Lipinski definition) is 1. The van der Waals surface area contributed by atoms with E-state index in [0.717, 1.165) is 45.4 Å². The summed E-state index contributed by atoms with van der Waals surface area (Å²) in [4.78, 5) is 17.5. The van der Waals surface area contributed by atoms with Crippen LogP contribution >= 0.6 is 0 Å². The van der Waals surface area contributed by atoms with E-state index in [-0.39, 0.29) is 11.8 Å². The second-order valence-corrected chi connectivity index (χ2v) is 8.50. The van der Waals surface area contributed by atoms with Crippen LogP contribution in [0.15, 0.2) is 30.3 Å². The van der Waals surface area contributed by atoms with Crippen LogP contribution in [0, 0.1) is 17.2 Å². The molecule has 0 radical (unpaired) electrons. The molecule has 154 valence electrons. The fourth-order valence-electron chi connectivity index (χ4n) is 3.81. The first-order valence-electron chi connectivity index (χ1n) is 10.6. The number of nitrogens with zero attached hydrogens (tertiary/aromatic N) is 3. The van der Waals surface area contributed by atoms with Crippen LogP contribution in [0.5, 0.6) is 0 Å². The van der Waals surface area contributed by atoms with Gasteiger partial charge in [-0.25, -0.2) is 0 Å². The van der Waals surface area contributed by atoms with Crippen molar-refractivity contribution in [2.24, 2.45) is 5.92 Å². The summed E-state index contributed by atoms with van der Waals surface area (Å²) in [7, 11) is 0. The predicted octanol–water partition coefficient (Wildman–Crippen LogP) is 3.42. The molecule has 0 aliphatic carbocycles. The Bertz CT molecular complexity index is 654. The summed E-state index contributed by atoms with van der Waals surface area (Å²) < 4.78 is 0. The van der Waals surface area contributed by atoms with Crippen LogP contribution in [-0.2, 0) is 11.3 Å². The number of nitriles is 1. The maximum absolute atomic E-state index is 12.7. The molecule has 1 fully saturated rings. The van der Waals surface area contributed by atoms with Crippen LogP contribution in [0.1, 0.15) is 52.5 Å². The molecule has 5 heteroatoms. The van der Waals surface area contributed by atoms with Crippen molar-refractivity contribution in [3.8, 4) is 6.07 Å². The summed E-state index contributed by atoms with van der Waals surface area (Å²) in [5, 5.41) is 12.4. The first-order chi connectivity index (χ1) is 13.4. The zero-order valence-corrected chi connectivity index (χ0v) is 17.9. The molecular formula is C23H36N4O. The quantitative estimate of drug-likeness (QED) is 0.709. The van der Waals surface area contributed by atoms with Gasteiger partial charge in [-0.15, -0.1) is 0 Å². The van der Waals surface area contributed by atoms with Gasteiger partial charge in [-0.1, -0.05) is 51.1 Å². The summed E-state index contributed by atoms with van der Waals surface area (Å²) in [6.07, 6.45) is 3.29. The lowest BCUT2D eigenvalue weighted by atomic mass is 9.90. The molecule has 0 saturated carbocycles. The van der Waals surface area contributed by atoms with Gasteiger partial charge in [-0.3, -0.25) is 14.6 Å². The lowest BCUT2D eigenvalue weighted by Gasteiger charge is -2.39. The van der Waals surface area contributed by atoms with Gasteiger partial charge in [0.25, 0.3) is 0 Å². The Hall–Kier alpha value is -1.90. The molecule has 1 heterocycles. The molecule has 1 aliphatic heterocycles. The highest BCUT2D eigenvalue weighted by molar-refractivity contribution is 5.79. The standard InChI is InChI=1S/C23H36N4O/c1-5-13-27(17-22(28)25-23(4,18-24)19(2)3)21-12-9-14-26(16-21)15-20-10-7-6-8-11-20/h6-8,10-11,19,21H,5,9,12-17H2,1-4H3,(H,25,28). The van der Waals surface area contributed by atoms with E-state index < -0.39 is 5.54 Å². The minimum absolute atomic E-state index is 0.0496. The topological polar surface area (TPSA) is 59.4 Å². The van der Waals surface area contributed by atoms with Crippen molar-refractivity contribution in [1.29, 1.82) is 5.26 Å². The van der Waals surface area contributed by atoms with Crippen molar-refractivity contribution in [2.75, 3.05) is 26.2 Å². The Balaban J connectivity index is 1.98. The maximum atomic E-state index is 12.7. The van der Waals surface area contributed by atoms with Crippen molar-refractivity contribution >= 4 is 5.91 Å². The molecule has 1 aromatic rings. The minimum Gasteiger partial charge on any atom is -0.337 e. The zero-order valence-electron chi connectivity index (χ0n) is 17.9. The van der Waals surface area contributed by atoms with E-state index in [2.05, 4.69) is 58.4 Å². The van der Waals surface area contributed by atoms with Gasteiger partial charge >= 0.3 is 0 Å². The number of amides is 1. The highest BCUT2D eigenvalue weighted by atomic mass is 16.2.